The van der Waals surface area contributed by atoms with E-state index >= 15 is 0 Å². The average molecular weight is 1650 g/mol. The fraction of sp³-hybridized carbons (Fsp3) is 0.0536. The predicted octanol–water partition coefficient (Wildman–Crippen LogP) is 21.4. The molecule has 0 aliphatic carbocycles. The number of aromatic nitrogens is 6. The Morgan fingerprint density at radius 1 is 0.234 bits per heavy atom. The summed E-state index contributed by atoms with van der Waals surface area (Å²) in [4.78, 5) is 28.8. The first-order valence-corrected chi connectivity index (χ1v) is 46.6. The van der Waals surface area contributed by atoms with Gasteiger partial charge in [0.15, 0.2) is 45.3 Å². The van der Waals surface area contributed by atoms with Gasteiger partial charge in [0.2, 0.25) is 5.28 Å². The van der Waals surface area contributed by atoms with Crippen molar-refractivity contribution in [3.8, 4) is 101 Å². The van der Waals surface area contributed by atoms with Crippen LogP contribution < -0.4 is 47.0 Å². The molecule has 3 aliphatic heterocycles. The van der Waals surface area contributed by atoms with Crippen LogP contribution in [0.15, 0.2) is 425 Å². The maximum atomic E-state index is 6.60. The van der Waals surface area contributed by atoms with E-state index in [1.54, 1.807) is 0 Å². The van der Waals surface area contributed by atoms with Crippen molar-refractivity contribution in [3.05, 3.63) is 430 Å². The van der Waals surface area contributed by atoms with E-state index in [4.69, 9.17) is 35.9 Å². The predicted molar refractivity (Wildman–Crippen MR) is 520 cm³/mol. The number of hydrogen-bond acceptors (Lipinski definition) is 8. The van der Waals surface area contributed by atoms with Gasteiger partial charge in [0.1, 0.15) is 0 Å². The third kappa shape index (κ3) is 13.4. The van der Waals surface area contributed by atoms with Gasteiger partial charge in [-0.15, -0.1) is 0 Å². The molecule has 590 valence electrons. The summed E-state index contributed by atoms with van der Waals surface area (Å²) in [6.07, 6.45) is 0. The van der Waals surface area contributed by atoms with E-state index < -0.39 is 34.5 Å². The smallest absolute Gasteiger partial charge is 0.399 e. The highest BCUT2D eigenvalue weighted by atomic mass is 35.5. The quantitative estimate of drug-likeness (QED) is 0.0882. The Morgan fingerprint density at radius 3 is 0.879 bits per heavy atom. The second kappa shape index (κ2) is 32.0. The van der Waals surface area contributed by atoms with Crippen molar-refractivity contribution in [2.45, 2.75) is 38.9 Å². The molecule has 2 aromatic heterocycles. The van der Waals surface area contributed by atoms with Gasteiger partial charge in [0, 0.05) is 27.8 Å². The number of fused-ring (bicyclic) bond motifs is 16. The van der Waals surface area contributed by atoms with Crippen LogP contribution in [0.2, 0.25) is 5.28 Å². The first kappa shape index (κ1) is 77.1. The number of nitrogens with zero attached hydrogens (tertiary/aromatic N) is 6. The minimum atomic E-state index is -2.94. The van der Waals surface area contributed by atoms with Gasteiger partial charge in [-0.1, -0.05) is 413 Å². The van der Waals surface area contributed by atoms with E-state index in [0.29, 0.717) is 29.1 Å². The van der Waals surface area contributed by atoms with Gasteiger partial charge in [-0.25, -0.2) is 19.9 Å². The lowest BCUT2D eigenvalue weighted by atomic mass is 9.78. The van der Waals surface area contributed by atoms with Crippen molar-refractivity contribution in [2.75, 3.05) is 0 Å². The number of rotatable bonds is 12. The fourth-order valence-electron chi connectivity index (χ4n) is 19.1. The molecule has 0 bridgehead atoms. The summed E-state index contributed by atoms with van der Waals surface area (Å²) >= 11 is 6.14. The lowest BCUT2D eigenvalue weighted by molar-refractivity contribution is 0.00578. The molecule has 18 aromatic carbocycles. The first-order valence-electron chi connectivity index (χ1n) is 42.3. The molecule has 3 aliphatic rings. The summed E-state index contributed by atoms with van der Waals surface area (Å²) < 4.78 is 13.2. The largest absolute Gasteiger partial charge is 0.494 e. The number of halogens is 1. The summed E-state index contributed by atoms with van der Waals surface area (Å²) in [5.74, 6) is 3.09. The Kier molecular flexibility index (Phi) is 19.9. The lowest BCUT2D eigenvalue weighted by Gasteiger charge is -2.32. The summed E-state index contributed by atoms with van der Waals surface area (Å²) in [5.41, 5.74) is 14.8. The molecular formula is C112H82BClN6O2Si2. The van der Waals surface area contributed by atoms with Crippen LogP contribution in [0.5, 0.6) is 0 Å². The van der Waals surface area contributed by atoms with E-state index in [2.05, 4.69) is 382 Å². The molecule has 0 radical (unpaired) electrons. The molecule has 23 rings (SSSR count). The molecule has 0 unspecified atom stereocenters. The molecule has 1 fully saturated rings. The molecule has 0 saturated carbocycles. The molecule has 8 nitrogen and oxygen atoms in total. The zero-order chi connectivity index (χ0) is 83.5. The Hall–Kier alpha value is -14.3. The highest BCUT2D eigenvalue weighted by Gasteiger charge is 2.55. The van der Waals surface area contributed by atoms with Crippen molar-refractivity contribution in [2.24, 2.45) is 0 Å². The SMILES string of the molecule is CC1(C)OB(c2ccc3c(c2)[Si](c2ccccc2)(c2ccccc2)c2c-3c3ccccc3c3ccccc23)OC1(C)C.Clc1nc(-c2ccccc2)nc(-c2cccc(-c3ccccc3)c2)n1.c1ccc(-c2cccc(-c3nc(-c4ccccc4)nc(-c4ccc5c(c4)[Si](c4ccccc4)(c4ccccc4)c4c-5c5ccccc5c5ccccc45)n3)c2)cc1. The van der Waals surface area contributed by atoms with Crippen LogP contribution in [-0.4, -0.2) is 64.4 Å². The van der Waals surface area contributed by atoms with Gasteiger partial charge in [-0.2, -0.15) is 9.97 Å². The maximum Gasteiger partial charge on any atom is 0.494 e. The van der Waals surface area contributed by atoms with Crippen LogP contribution in [-0.2, 0) is 9.31 Å². The minimum absolute atomic E-state index is 0.189. The second-order valence-corrected chi connectivity index (χ2v) is 40.7. The maximum absolute atomic E-state index is 6.60. The average Bonchev–Trinajstić information content (AvgIpc) is 1.52. The third-order valence-electron chi connectivity index (χ3n) is 25.4. The van der Waals surface area contributed by atoms with E-state index in [1.807, 2.05) is 84.9 Å². The Balaban J connectivity index is 0.000000123. The number of hydrogen-bond donors (Lipinski definition) is 0. The van der Waals surface area contributed by atoms with E-state index in [-0.39, 0.29) is 5.28 Å². The fourth-order valence-corrected chi connectivity index (χ4v) is 30.1. The molecule has 0 spiro atoms. The first-order chi connectivity index (χ1) is 60.9. The van der Waals surface area contributed by atoms with Gasteiger partial charge in [0.25, 0.3) is 0 Å². The van der Waals surface area contributed by atoms with Crippen LogP contribution in [0.25, 0.3) is 145 Å². The summed E-state index contributed by atoms with van der Waals surface area (Å²) in [6.45, 7) is 8.51. The van der Waals surface area contributed by atoms with Gasteiger partial charge in [-0.3, -0.25) is 0 Å². The van der Waals surface area contributed by atoms with E-state index in [9.17, 15) is 0 Å². The molecule has 124 heavy (non-hydrogen) atoms. The minimum Gasteiger partial charge on any atom is -0.399 e. The van der Waals surface area contributed by atoms with Crippen LogP contribution >= 0.6 is 11.6 Å². The van der Waals surface area contributed by atoms with Crippen LogP contribution in [0.4, 0.5) is 0 Å². The highest BCUT2D eigenvalue weighted by Crippen LogP contribution is 2.44. The van der Waals surface area contributed by atoms with Gasteiger partial charge < -0.3 is 9.31 Å². The van der Waals surface area contributed by atoms with E-state index in [0.717, 1.165) is 55.5 Å². The molecular weight excluding hydrogens is 1560 g/mol. The summed E-state index contributed by atoms with van der Waals surface area (Å²) in [7, 11) is -6.14. The van der Waals surface area contributed by atoms with Crippen molar-refractivity contribution in [3.63, 3.8) is 0 Å². The highest BCUT2D eigenvalue weighted by molar-refractivity contribution is 7.24. The normalized spacial score (nSPS) is 14.0. The zero-order valence-corrected chi connectivity index (χ0v) is 71.6. The second-order valence-electron chi connectivity index (χ2n) is 33.0. The van der Waals surface area contributed by atoms with Crippen LogP contribution in [0.3, 0.4) is 0 Å². The molecule has 20 aromatic rings. The van der Waals surface area contributed by atoms with Crippen LogP contribution in [0.1, 0.15) is 27.7 Å². The van der Waals surface area contributed by atoms with Crippen molar-refractivity contribution >= 4 is 125 Å². The van der Waals surface area contributed by atoms with Crippen LogP contribution in [0, 0.1) is 0 Å². The molecule has 0 atom stereocenters. The summed E-state index contributed by atoms with van der Waals surface area (Å²) in [6, 6.07) is 152. The standard InChI is InChI=1S/C53H35N3Si.C38H33BO2Si.C21H14ClN3/c1-5-18-36(19-6-1)38-22-17-23-39(34-38)52-54-51(37-20-7-2-8-21-37)55-53(56-52)40-32-33-47-48(35-40)57(41-24-9-3-10-25-41,42-26-11-4-12-27-42)50-46-31-16-14-29-44(46)43-28-13-15-30-45(43)49(47)50;1-37(2)38(3,4)41-39(40-37)26-23-24-33-34(25-26)42(27-15-7-5-8-16-27,28-17-9-6-10-18-28)36-32-22-14-12-20-30(32)29-19-11-13-21-31(29)35(33)36;22-21-24-19(16-10-5-2-6-11-16)23-20(25-21)18-13-7-12-17(14-18)15-8-3-1-4-9-15/h1-35H;5-25H,1-4H3;1-14H. The molecule has 0 amide bonds. The van der Waals surface area contributed by atoms with Gasteiger partial charge in [-0.05, 0) is 186 Å². The molecule has 5 heterocycles. The van der Waals surface area contributed by atoms with Crippen molar-refractivity contribution in [1.82, 2.24) is 29.9 Å². The zero-order valence-electron chi connectivity index (χ0n) is 68.9. The Bertz CT molecular complexity index is 7350. The number of benzene rings is 18. The Morgan fingerprint density at radius 2 is 0.500 bits per heavy atom. The van der Waals surface area contributed by atoms with Gasteiger partial charge >= 0.3 is 7.12 Å². The lowest BCUT2D eigenvalue weighted by Crippen LogP contribution is -2.73. The summed E-state index contributed by atoms with van der Waals surface area (Å²) in [5, 5.41) is 21.8. The van der Waals surface area contributed by atoms with E-state index in [1.165, 1.54) is 107 Å². The molecule has 1 saturated heterocycles. The molecule has 0 N–H and O–H groups in total. The van der Waals surface area contributed by atoms with Crippen molar-refractivity contribution in [1.29, 1.82) is 0 Å². The topological polar surface area (TPSA) is 95.8 Å². The van der Waals surface area contributed by atoms with Gasteiger partial charge in [0.05, 0.1) is 11.2 Å². The molecule has 12 heteroatoms. The Labute approximate surface area is 729 Å². The third-order valence-corrected chi connectivity index (χ3v) is 35.3. The van der Waals surface area contributed by atoms with Crippen molar-refractivity contribution < 1.29 is 9.31 Å². The monoisotopic (exact) mass is 1640 g/mol.